The third-order valence-electron chi connectivity index (χ3n) is 3.09. The molecule has 18 heavy (non-hydrogen) atoms. The fourth-order valence-corrected chi connectivity index (χ4v) is 2.28. The molecular formula is C15H20ClFO. The molecule has 1 rings (SSSR count). The molecule has 0 amide bonds. The van der Waals surface area contributed by atoms with Crippen LogP contribution in [-0.2, 0) is 11.2 Å². The quantitative estimate of drug-likeness (QED) is 0.695. The van der Waals surface area contributed by atoms with E-state index in [1.807, 2.05) is 0 Å². The van der Waals surface area contributed by atoms with Crippen molar-refractivity contribution in [1.82, 2.24) is 0 Å². The third-order valence-corrected chi connectivity index (χ3v) is 3.40. The topological polar surface area (TPSA) is 17.1 Å². The molecule has 0 unspecified atom stereocenters. The van der Waals surface area contributed by atoms with E-state index in [0.717, 1.165) is 25.7 Å². The van der Waals surface area contributed by atoms with Crippen molar-refractivity contribution in [3.63, 3.8) is 0 Å². The third kappa shape index (κ3) is 4.41. The Labute approximate surface area is 113 Å². The number of carbonyl (C=O) groups is 1. The minimum Gasteiger partial charge on any atom is -0.299 e. The molecule has 1 aromatic rings. The van der Waals surface area contributed by atoms with Crippen molar-refractivity contribution in [3.8, 4) is 0 Å². The van der Waals surface area contributed by atoms with Gasteiger partial charge in [-0.1, -0.05) is 44.4 Å². The molecular weight excluding hydrogens is 251 g/mol. The van der Waals surface area contributed by atoms with Gasteiger partial charge in [-0.2, -0.15) is 0 Å². The van der Waals surface area contributed by atoms with Crippen LogP contribution in [0.1, 0.15) is 45.1 Å². The van der Waals surface area contributed by atoms with Crippen LogP contribution < -0.4 is 0 Å². The summed E-state index contributed by atoms with van der Waals surface area (Å²) < 4.78 is 13.3. The van der Waals surface area contributed by atoms with Gasteiger partial charge in [-0.05, 0) is 30.5 Å². The van der Waals surface area contributed by atoms with Crippen molar-refractivity contribution in [1.29, 1.82) is 0 Å². The lowest BCUT2D eigenvalue weighted by Crippen LogP contribution is -2.16. The molecule has 1 nitrogen and oxygen atoms in total. The summed E-state index contributed by atoms with van der Waals surface area (Å²) >= 11 is 5.62. The van der Waals surface area contributed by atoms with Crippen molar-refractivity contribution in [2.24, 2.45) is 5.92 Å². The van der Waals surface area contributed by atoms with E-state index in [4.69, 9.17) is 11.6 Å². The highest BCUT2D eigenvalue weighted by atomic mass is 35.5. The van der Waals surface area contributed by atoms with Gasteiger partial charge < -0.3 is 0 Å². The largest absolute Gasteiger partial charge is 0.299 e. The highest BCUT2D eigenvalue weighted by Crippen LogP contribution is 2.20. The van der Waals surface area contributed by atoms with E-state index >= 15 is 0 Å². The molecule has 0 saturated heterocycles. The Morgan fingerprint density at radius 2 is 1.89 bits per heavy atom. The van der Waals surface area contributed by atoms with Gasteiger partial charge in [0.15, 0.2) is 0 Å². The second-order valence-corrected chi connectivity index (χ2v) is 5.07. The van der Waals surface area contributed by atoms with Crippen LogP contribution in [0.15, 0.2) is 18.2 Å². The normalized spacial score (nSPS) is 10.9. The summed E-state index contributed by atoms with van der Waals surface area (Å²) in [5.41, 5.74) is 0.708. The van der Waals surface area contributed by atoms with Gasteiger partial charge in [-0.3, -0.25) is 4.79 Å². The Hall–Kier alpha value is -0.890. The molecule has 0 saturated carbocycles. The van der Waals surface area contributed by atoms with Gasteiger partial charge in [-0.25, -0.2) is 4.39 Å². The fraction of sp³-hybridized carbons (Fsp3) is 0.533. The van der Waals surface area contributed by atoms with E-state index < -0.39 is 5.82 Å². The maximum Gasteiger partial charge on any atom is 0.142 e. The first-order chi connectivity index (χ1) is 8.58. The smallest absolute Gasteiger partial charge is 0.142 e. The van der Waals surface area contributed by atoms with Crippen molar-refractivity contribution >= 4 is 17.4 Å². The van der Waals surface area contributed by atoms with Gasteiger partial charge in [0.1, 0.15) is 11.6 Å². The van der Waals surface area contributed by atoms with Crippen molar-refractivity contribution in [3.05, 3.63) is 34.6 Å². The molecule has 100 valence electrons. The predicted molar refractivity (Wildman–Crippen MR) is 73.4 cm³/mol. The Balaban J connectivity index is 2.69. The summed E-state index contributed by atoms with van der Waals surface area (Å²) in [6, 6.07) is 4.58. The number of ketones is 1. The van der Waals surface area contributed by atoms with Crippen LogP contribution in [0, 0.1) is 11.7 Å². The standard InChI is InChI=1S/C15H20ClFO/c1-3-5-12(6-4-2)15(18)10-11-7-8-13(16)14(17)9-11/h7-9,12H,3-6,10H2,1-2H3. The Kier molecular flexibility index (Phi) is 6.34. The van der Waals surface area contributed by atoms with Gasteiger partial charge in [0.2, 0.25) is 0 Å². The second kappa shape index (κ2) is 7.52. The van der Waals surface area contributed by atoms with E-state index in [1.165, 1.54) is 12.1 Å². The van der Waals surface area contributed by atoms with Crippen LogP contribution in [0.4, 0.5) is 4.39 Å². The zero-order valence-corrected chi connectivity index (χ0v) is 11.8. The molecule has 0 fully saturated rings. The first kappa shape index (κ1) is 15.2. The number of benzene rings is 1. The van der Waals surface area contributed by atoms with Crippen LogP contribution in [0.25, 0.3) is 0 Å². The average Bonchev–Trinajstić information content (AvgIpc) is 2.33. The first-order valence-corrected chi connectivity index (χ1v) is 6.92. The van der Waals surface area contributed by atoms with Gasteiger partial charge >= 0.3 is 0 Å². The first-order valence-electron chi connectivity index (χ1n) is 6.55. The number of hydrogen-bond donors (Lipinski definition) is 0. The lowest BCUT2D eigenvalue weighted by molar-refractivity contribution is -0.122. The molecule has 0 spiro atoms. The Bertz CT molecular complexity index is 397. The van der Waals surface area contributed by atoms with E-state index in [0.29, 0.717) is 12.0 Å². The number of carbonyl (C=O) groups excluding carboxylic acids is 1. The van der Waals surface area contributed by atoms with Gasteiger partial charge in [0.05, 0.1) is 5.02 Å². The maximum absolute atomic E-state index is 13.3. The van der Waals surface area contributed by atoms with Crippen LogP contribution >= 0.6 is 11.6 Å². The average molecular weight is 271 g/mol. The predicted octanol–water partition coefficient (Wildman–Crippen LogP) is 4.81. The molecule has 1 aromatic carbocycles. The highest BCUT2D eigenvalue weighted by molar-refractivity contribution is 6.30. The van der Waals surface area contributed by atoms with Crippen molar-refractivity contribution in [2.45, 2.75) is 46.0 Å². The van der Waals surface area contributed by atoms with E-state index in [2.05, 4.69) is 13.8 Å². The maximum atomic E-state index is 13.3. The number of halogens is 2. The lowest BCUT2D eigenvalue weighted by Gasteiger charge is -2.14. The minimum atomic E-state index is -0.454. The van der Waals surface area contributed by atoms with E-state index in [1.54, 1.807) is 6.07 Å². The molecule has 0 N–H and O–H groups in total. The fourth-order valence-electron chi connectivity index (χ4n) is 2.16. The highest BCUT2D eigenvalue weighted by Gasteiger charge is 2.17. The van der Waals surface area contributed by atoms with Crippen molar-refractivity contribution in [2.75, 3.05) is 0 Å². The van der Waals surface area contributed by atoms with Gasteiger partial charge in [0, 0.05) is 12.3 Å². The monoisotopic (exact) mass is 270 g/mol. The Morgan fingerprint density at radius 3 is 2.39 bits per heavy atom. The molecule has 0 radical (unpaired) electrons. The number of rotatable bonds is 7. The van der Waals surface area contributed by atoms with Crippen molar-refractivity contribution < 1.29 is 9.18 Å². The SMILES string of the molecule is CCCC(CCC)C(=O)Cc1ccc(Cl)c(F)c1. The van der Waals surface area contributed by atoms with E-state index in [-0.39, 0.29) is 16.7 Å². The summed E-state index contributed by atoms with van der Waals surface area (Å²) in [5, 5.41) is 0.102. The van der Waals surface area contributed by atoms with Crippen LogP contribution in [0.3, 0.4) is 0 Å². The Morgan fingerprint density at radius 1 is 1.28 bits per heavy atom. The summed E-state index contributed by atoms with van der Waals surface area (Å²) in [6.07, 6.45) is 4.15. The van der Waals surface area contributed by atoms with Gasteiger partial charge in [-0.15, -0.1) is 0 Å². The van der Waals surface area contributed by atoms with Crippen LogP contribution in [0.5, 0.6) is 0 Å². The molecule has 0 heterocycles. The van der Waals surface area contributed by atoms with Crippen LogP contribution in [0.2, 0.25) is 5.02 Å². The zero-order valence-electron chi connectivity index (χ0n) is 11.0. The molecule has 0 aliphatic heterocycles. The summed E-state index contributed by atoms with van der Waals surface area (Å²) in [5.74, 6) is -0.135. The molecule has 0 aromatic heterocycles. The molecule has 0 aliphatic rings. The lowest BCUT2D eigenvalue weighted by atomic mass is 9.90. The summed E-state index contributed by atoms with van der Waals surface area (Å²) in [6.45, 7) is 4.16. The van der Waals surface area contributed by atoms with E-state index in [9.17, 15) is 9.18 Å². The molecule has 0 bridgehead atoms. The molecule has 0 atom stereocenters. The minimum absolute atomic E-state index is 0.102. The summed E-state index contributed by atoms with van der Waals surface area (Å²) in [7, 11) is 0. The van der Waals surface area contributed by atoms with Gasteiger partial charge in [0.25, 0.3) is 0 Å². The molecule has 0 aliphatic carbocycles. The summed E-state index contributed by atoms with van der Waals surface area (Å²) in [4.78, 5) is 12.1. The zero-order chi connectivity index (χ0) is 13.5. The molecule has 3 heteroatoms. The second-order valence-electron chi connectivity index (χ2n) is 4.67. The number of hydrogen-bond acceptors (Lipinski definition) is 1. The number of Topliss-reactive ketones (excluding diaryl/α,β-unsaturated/α-hetero) is 1. The van der Waals surface area contributed by atoms with Crippen LogP contribution in [-0.4, -0.2) is 5.78 Å².